The minimum atomic E-state index is -0.580. The Balaban J connectivity index is 1.44. The maximum atomic E-state index is 6.54. The lowest BCUT2D eigenvalue weighted by Crippen LogP contribution is -2.38. The highest BCUT2D eigenvalue weighted by atomic mass is 32.1. The monoisotopic (exact) mass is 500 g/mol. The van der Waals surface area contributed by atoms with Crippen LogP contribution in [0.1, 0.15) is 43.4 Å². The summed E-state index contributed by atoms with van der Waals surface area (Å²) in [6.07, 6.45) is 11.9. The van der Waals surface area contributed by atoms with Crippen molar-refractivity contribution < 1.29 is 9.47 Å². The van der Waals surface area contributed by atoms with Crippen LogP contribution in [0, 0.1) is 6.92 Å². The number of hydrogen-bond acceptors (Lipinski definition) is 9. The third kappa shape index (κ3) is 4.11. The summed E-state index contributed by atoms with van der Waals surface area (Å²) in [5.74, 6) is 1.11. The number of allylic oxidation sites excluding steroid dienone is 1. The molecule has 10 heteroatoms. The van der Waals surface area contributed by atoms with E-state index < -0.39 is 5.60 Å². The normalized spacial score (nSPS) is 35.0. The fraction of sp³-hybridized carbons (Fsp3) is 0.542. The smallest absolute Gasteiger partial charge is 0.149 e. The number of ether oxygens (including phenoxy) is 2. The van der Waals surface area contributed by atoms with Crippen LogP contribution in [0.3, 0.4) is 0 Å². The molecule has 0 aromatic carbocycles. The molecule has 1 fully saturated rings. The van der Waals surface area contributed by atoms with Gasteiger partial charge in [0.15, 0.2) is 0 Å². The predicted octanol–water partition coefficient (Wildman–Crippen LogP) is 3.00. The topological polar surface area (TPSA) is 83.9 Å². The van der Waals surface area contributed by atoms with Gasteiger partial charge < -0.3 is 19.7 Å². The number of fused-ring (bicyclic) bond motifs is 5. The molecular weight excluding hydrogens is 467 g/mol. The van der Waals surface area contributed by atoms with E-state index in [4.69, 9.17) is 22.1 Å². The van der Waals surface area contributed by atoms with Crippen molar-refractivity contribution in [2.24, 2.45) is 4.99 Å². The summed E-state index contributed by atoms with van der Waals surface area (Å²) in [5, 5.41) is 6.80. The molecule has 1 aliphatic carbocycles. The van der Waals surface area contributed by atoms with E-state index in [0.29, 0.717) is 13.2 Å². The largest absolute Gasteiger partial charge is 0.360 e. The molecular formula is C24H33N6O2PS. The second-order valence-electron chi connectivity index (χ2n) is 9.21. The van der Waals surface area contributed by atoms with Crippen molar-refractivity contribution in [1.29, 1.82) is 0 Å². The first kappa shape index (κ1) is 23.9. The molecule has 8 nitrogen and oxygen atoms in total. The van der Waals surface area contributed by atoms with E-state index in [0.717, 1.165) is 47.6 Å². The van der Waals surface area contributed by atoms with Crippen LogP contribution in [-0.4, -0.2) is 58.5 Å². The fourth-order valence-corrected chi connectivity index (χ4v) is 6.02. The van der Waals surface area contributed by atoms with Crippen molar-refractivity contribution in [1.82, 2.24) is 20.6 Å². The average molecular weight is 501 g/mol. The van der Waals surface area contributed by atoms with Crippen LogP contribution in [0.15, 0.2) is 47.5 Å². The maximum absolute atomic E-state index is 6.54. The highest BCUT2D eigenvalue weighted by molar-refractivity contribution is 7.85. The van der Waals surface area contributed by atoms with Gasteiger partial charge in [-0.05, 0) is 26.2 Å². The summed E-state index contributed by atoms with van der Waals surface area (Å²) in [7, 11) is 2.78. The van der Waals surface area contributed by atoms with Gasteiger partial charge in [-0.2, -0.15) is 12.6 Å². The average Bonchev–Trinajstić information content (AvgIpc) is 3.28. The third-order valence-corrected chi connectivity index (χ3v) is 7.92. The Morgan fingerprint density at radius 3 is 3.00 bits per heavy atom. The number of aliphatic imine (C=N–C) groups is 1. The molecule has 0 radical (unpaired) electrons. The summed E-state index contributed by atoms with van der Waals surface area (Å²) in [6.45, 7) is 9.51. The van der Waals surface area contributed by atoms with E-state index in [1.54, 1.807) is 12.7 Å². The first-order chi connectivity index (χ1) is 16.5. The number of aromatic nitrogens is 2. The highest BCUT2D eigenvalue weighted by Gasteiger charge is 2.62. The lowest BCUT2D eigenvalue weighted by molar-refractivity contribution is -0.0422. The summed E-state index contributed by atoms with van der Waals surface area (Å²) >= 11 is 4.76. The second-order valence-corrected chi connectivity index (χ2v) is 11.0. The van der Waals surface area contributed by atoms with Gasteiger partial charge in [0.2, 0.25) is 0 Å². The molecule has 2 N–H and O–H groups in total. The van der Waals surface area contributed by atoms with Crippen LogP contribution >= 0.6 is 21.9 Å². The molecule has 1 aromatic heterocycles. The maximum Gasteiger partial charge on any atom is 0.149 e. The molecule has 0 amide bonds. The van der Waals surface area contributed by atoms with E-state index in [1.807, 2.05) is 11.1 Å². The first-order valence-electron chi connectivity index (χ1n) is 11.8. The zero-order valence-corrected chi connectivity index (χ0v) is 21.7. The van der Waals surface area contributed by atoms with Gasteiger partial charge in [0.1, 0.15) is 30.1 Å². The minimum Gasteiger partial charge on any atom is -0.360 e. The summed E-state index contributed by atoms with van der Waals surface area (Å²) in [6, 6.07) is 0. The van der Waals surface area contributed by atoms with Crippen molar-refractivity contribution in [3.63, 3.8) is 0 Å². The molecule has 4 heterocycles. The molecule has 0 saturated carbocycles. The van der Waals surface area contributed by atoms with Gasteiger partial charge in [0.05, 0.1) is 35.4 Å². The number of anilines is 1. The molecule has 1 aromatic rings. The number of rotatable bonds is 2. The molecule has 34 heavy (non-hydrogen) atoms. The van der Waals surface area contributed by atoms with Gasteiger partial charge in [-0.15, -0.1) is 9.24 Å². The van der Waals surface area contributed by atoms with Crippen molar-refractivity contribution in [3.8, 4) is 0 Å². The number of nitrogens with zero attached hydrogens (tertiary/aromatic N) is 4. The highest BCUT2D eigenvalue weighted by Crippen LogP contribution is 2.54. The van der Waals surface area contributed by atoms with Gasteiger partial charge in [0.25, 0.3) is 0 Å². The van der Waals surface area contributed by atoms with E-state index >= 15 is 0 Å². The number of thiol groups is 1. The van der Waals surface area contributed by atoms with Crippen molar-refractivity contribution in [2.75, 3.05) is 18.1 Å². The number of nitrogens with one attached hydrogen (secondary N) is 2. The summed E-state index contributed by atoms with van der Waals surface area (Å²) in [4.78, 5) is 15.8. The molecule has 3 aliphatic heterocycles. The Kier molecular flexibility index (Phi) is 6.84. The van der Waals surface area contributed by atoms with E-state index in [-0.39, 0.29) is 29.4 Å². The SMILES string of the molecule is C=CN1c2ncnc(c2C)C(C)C/C=C/CNC2N=CNC3=C2C3(C(P)S)OCC2CCC1O2. The van der Waals surface area contributed by atoms with Crippen LogP contribution in [0.5, 0.6) is 0 Å². The molecule has 4 bridgehead atoms. The lowest BCUT2D eigenvalue weighted by Gasteiger charge is -2.29. The zero-order chi connectivity index (χ0) is 23.9. The Morgan fingerprint density at radius 1 is 1.35 bits per heavy atom. The summed E-state index contributed by atoms with van der Waals surface area (Å²) in [5.41, 5.74) is 3.70. The molecule has 4 aliphatic rings. The van der Waals surface area contributed by atoms with Crippen LogP contribution in [0.25, 0.3) is 0 Å². The van der Waals surface area contributed by atoms with E-state index in [9.17, 15) is 0 Å². The van der Waals surface area contributed by atoms with E-state index in [2.05, 4.69) is 67.4 Å². The quantitative estimate of drug-likeness (QED) is 0.327. The summed E-state index contributed by atoms with van der Waals surface area (Å²) < 4.78 is 13.0. The molecule has 7 atom stereocenters. The standard InChI is InChI=1S/C24H33N6O2PS/c1-4-30-17-9-8-16(32-17)11-31-24(23(33)34)18-20(24)27-13-28-21(18)25-10-6-5-7-14(2)19-15(3)22(30)29-12-26-19/h4-6,12-14,16-17,21,23,25,34H,1,7-11,33H2,2-3H3,(H,27,28)/b6-5+. The Morgan fingerprint density at radius 2 is 2.21 bits per heavy atom. The van der Waals surface area contributed by atoms with Gasteiger partial charge >= 0.3 is 0 Å². The molecule has 0 spiro atoms. The first-order valence-corrected chi connectivity index (χ1v) is 13.0. The Hall–Kier alpha value is -1.77. The Bertz CT molecular complexity index is 1050. The molecule has 1 saturated heterocycles. The Labute approximate surface area is 209 Å². The van der Waals surface area contributed by atoms with Crippen molar-refractivity contribution in [2.45, 2.75) is 68.1 Å². The van der Waals surface area contributed by atoms with Gasteiger partial charge in [0, 0.05) is 29.8 Å². The van der Waals surface area contributed by atoms with Crippen LogP contribution in [0.2, 0.25) is 0 Å². The zero-order valence-electron chi connectivity index (χ0n) is 19.6. The van der Waals surface area contributed by atoms with Gasteiger partial charge in [-0.1, -0.05) is 25.7 Å². The predicted molar refractivity (Wildman–Crippen MR) is 141 cm³/mol. The van der Waals surface area contributed by atoms with Gasteiger partial charge in [-0.3, -0.25) is 10.3 Å². The lowest BCUT2D eigenvalue weighted by atomic mass is 9.99. The van der Waals surface area contributed by atoms with Crippen LogP contribution < -0.4 is 15.5 Å². The van der Waals surface area contributed by atoms with Crippen molar-refractivity contribution in [3.05, 3.63) is 53.8 Å². The number of hydrogen-bond donors (Lipinski definition) is 3. The fourth-order valence-electron chi connectivity index (χ4n) is 5.24. The van der Waals surface area contributed by atoms with Crippen LogP contribution in [0.4, 0.5) is 5.82 Å². The van der Waals surface area contributed by atoms with Crippen LogP contribution in [-0.2, 0) is 9.47 Å². The molecule has 7 unspecified atom stereocenters. The van der Waals surface area contributed by atoms with E-state index in [1.165, 1.54) is 0 Å². The third-order valence-electron chi connectivity index (χ3n) is 7.08. The molecule has 5 rings (SSSR count). The second kappa shape index (κ2) is 9.70. The van der Waals surface area contributed by atoms with Crippen molar-refractivity contribution >= 4 is 34.0 Å². The minimum absolute atomic E-state index is 0.0278. The van der Waals surface area contributed by atoms with Gasteiger partial charge in [-0.25, -0.2) is 9.97 Å². The molecule has 182 valence electrons.